The number of pyridine rings is 4. The van der Waals surface area contributed by atoms with Crippen molar-refractivity contribution in [2.24, 2.45) is 47.3 Å². The summed E-state index contributed by atoms with van der Waals surface area (Å²) in [5.41, 5.74) is 13.2. The summed E-state index contributed by atoms with van der Waals surface area (Å²) < 4.78 is 55.3. The normalized spacial score (nSPS) is 19.6. The van der Waals surface area contributed by atoms with Crippen LogP contribution in [0.2, 0.25) is 0 Å². The number of ketones is 4. The number of carbonyl (C=O) groups excluding carboxylic acids is 4. The minimum atomic E-state index is -0.220. The van der Waals surface area contributed by atoms with Crippen LogP contribution in [0.4, 0.5) is 17.6 Å². The van der Waals surface area contributed by atoms with E-state index in [0.29, 0.717) is 141 Å². The van der Waals surface area contributed by atoms with Crippen molar-refractivity contribution in [1.82, 2.24) is 19.9 Å². The first-order valence-corrected chi connectivity index (χ1v) is 44.6. The molecule has 4 aliphatic carbocycles. The van der Waals surface area contributed by atoms with Crippen LogP contribution in [0.3, 0.4) is 0 Å². The SMILES string of the molecule is CCC(CC(=O)c1ccc(C#N)cc1)C1CCC(c2ccnc3ccc(F)cc23)CC1.CC[C@@H](CC(=O)c1ccc(C#N)cc1)C1CCC(c2ccnc3ccc(F)cc23)CC1.CC[C@@H](CC(=O)c1ccc(C#N)cc1)C1CCC(c2ccnc3ccc(F)cc23)CC1.CC[C@H](CC(=O)c1ccc(C#N)cc1)C1CCC(c2ccnc3ccc(F)cc23)CC1. The van der Waals surface area contributed by atoms with Crippen LogP contribution in [-0.2, 0) is 0 Å². The van der Waals surface area contributed by atoms with E-state index in [9.17, 15) is 36.7 Å². The first-order valence-electron chi connectivity index (χ1n) is 44.6. The molecule has 4 saturated carbocycles. The predicted molar refractivity (Wildman–Crippen MR) is 481 cm³/mol. The van der Waals surface area contributed by atoms with E-state index < -0.39 is 0 Å². The zero-order valence-corrected chi connectivity index (χ0v) is 71.4. The number of hydrogen-bond acceptors (Lipinski definition) is 12. The lowest BCUT2D eigenvalue weighted by molar-refractivity contribution is 0.0918. The predicted octanol–water partition coefficient (Wildman–Crippen LogP) is 27.3. The number of nitriles is 4. The van der Waals surface area contributed by atoms with Crippen LogP contribution in [0.25, 0.3) is 43.6 Å². The summed E-state index contributed by atoms with van der Waals surface area (Å²) in [4.78, 5) is 68.7. The molecular formula is C108H108F4N8O4. The van der Waals surface area contributed by atoms with Crippen molar-refractivity contribution in [3.63, 3.8) is 0 Å². The Morgan fingerprint density at radius 3 is 0.637 bits per heavy atom. The lowest BCUT2D eigenvalue weighted by Crippen LogP contribution is -2.23. The molecule has 0 aliphatic heterocycles. The van der Waals surface area contributed by atoms with E-state index in [1.165, 1.54) is 46.5 Å². The van der Waals surface area contributed by atoms with Gasteiger partial charge in [0.25, 0.3) is 0 Å². The molecule has 4 aliphatic rings. The van der Waals surface area contributed by atoms with Crippen LogP contribution in [0.1, 0.15) is 291 Å². The molecule has 0 spiro atoms. The fraction of sp³-hybridized carbons (Fsp3) is 0.370. The molecule has 124 heavy (non-hydrogen) atoms. The maximum atomic E-state index is 13.8. The smallest absolute Gasteiger partial charge is 0.163 e. The number of benzene rings is 8. The summed E-state index contributed by atoms with van der Waals surface area (Å²) in [5, 5.41) is 39.5. The molecule has 0 radical (unpaired) electrons. The first-order chi connectivity index (χ1) is 60.3. The minimum absolute atomic E-state index is 0.161. The van der Waals surface area contributed by atoms with Crippen molar-refractivity contribution < 1.29 is 36.7 Å². The van der Waals surface area contributed by atoms with Gasteiger partial charge in [-0.15, -0.1) is 0 Å². The van der Waals surface area contributed by atoms with Crippen LogP contribution in [0, 0.1) is 116 Å². The average Bonchev–Trinajstić information content (AvgIpc) is 0.805. The molecule has 16 rings (SSSR count). The number of halogens is 4. The van der Waals surface area contributed by atoms with E-state index in [4.69, 9.17) is 21.0 Å². The van der Waals surface area contributed by atoms with Crippen molar-refractivity contribution >= 4 is 66.7 Å². The molecule has 0 bridgehead atoms. The molecule has 16 heteroatoms. The highest BCUT2D eigenvalue weighted by Crippen LogP contribution is 2.48. The molecule has 0 amide bonds. The van der Waals surface area contributed by atoms with Crippen LogP contribution in [-0.4, -0.2) is 43.1 Å². The zero-order valence-electron chi connectivity index (χ0n) is 71.4. The van der Waals surface area contributed by atoms with Gasteiger partial charge in [-0.3, -0.25) is 39.1 Å². The van der Waals surface area contributed by atoms with Gasteiger partial charge in [-0.1, -0.05) is 102 Å². The standard InChI is InChI=1S/4C27H27FN2O/c4*1-2-19(15-27(31)22-5-3-18(17-29)4-6-22)20-7-9-21(10-8-20)24-13-14-30-26-12-11-23(28)16-25(24)26/h4*3-6,11-14,16,19-21H,2,7-10,15H2,1H3/t3*19-,20?,21?;/m100./s1. The Balaban J connectivity index is 0.000000142. The van der Waals surface area contributed by atoms with E-state index >= 15 is 0 Å². The Labute approximate surface area is 726 Å². The monoisotopic (exact) mass is 1660 g/mol. The Hall–Kier alpha value is -12.2. The fourth-order valence-electron chi connectivity index (χ4n) is 20.5. The Bertz CT molecular complexity index is 5160. The van der Waals surface area contributed by atoms with Crippen molar-refractivity contribution in [3.8, 4) is 24.3 Å². The van der Waals surface area contributed by atoms with Gasteiger partial charge < -0.3 is 0 Å². The lowest BCUT2D eigenvalue weighted by atomic mass is 9.71. The summed E-state index contributed by atoms with van der Waals surface area (Å²) in [5.74, 6) is 5.04. The van der Waals surface area contributed by atoms with Crippen LogP contribution >= 0.6 is 0 Å². The highest BCUT2D eigenvalue weighted by atomic mass is 19.1. The van der Waals surface area contributed by atoms with Gasteiger partial charge in [0.05, 0.1) is 68.6 Å². The van der Waals surface area contributed by atoms with E-state index in [-0.39, 0.29) is 46.4 Å². The summed E-state index contributed by atoms with van der Waals surface area (Å²) >= 11 is 0. The fourth-order valence-corrected chi connectivity index (χ4v) is 20.5. The number of rotatable bonds is 24. The van der Waals surface area contributed by atoms with Crippen molar-refractivity contribution in [3.05, 3.63) is 309 Å². The summed E-state index contributed by atoms with van der Waals surface area (Å²) in [7, 11) is 0. The summed E-state index contributed by atoms with van der Waals surface area (Å²) in [6.45, 7) is 8.67. The average molecular weight is 1660 g/mol. The van der Waals surface area contributed by atoms with Gasteiger partial charge in [-0.2, -0.15) is 21.0 Å². The highest BCUT2D eigenvalue weighted by molar-refractivity contribution is 5.98. The molecule has 0 N–H and O–H groups in total. The Morgan fingerprint density at radius 1 is 0.282 bits per heavy atom. The van der Waals surface area contributed by atoms with Crippen molar-refractivity contribution in [2.45, 2.75) is 205 Å². The Kier molecular flexibility index (Phi) is 31.2. The van der Waals surface area contributed by atoms with Gasteiger partial charge in [0.1, 0.15) is 23.3 Å². The maximum absolute atomic E-state index is 13.8. The molecule has 4 heterocycles. The minimum Gasteiger partial charge on any atom is -0.294 e. The second-order valence-corrected chi connectivity index (χ2v) is 34.6. The molecule has 4 fully saturated rings. The second-order valence-electron chi connectivity index (χ2n) is 34.6. The third-order valence-electron chi connectivity index (χ3n) is 27.7. The first kappa shape index (κ1) is 89.5. The van der Waals surface area contributed by atoms with Gasteiger partial charge in [-0.05, 0) is 342 Å². The number of Topliss-reactive ketones (excluding diaryl/α,β-unsaturated/α-hetero) is 4. The number of fused-ring (bicyclic) bond motifs is 4. The van der Waals surface area contributed by atoms with Crippen molar-refractivity contribution in [2.75, 3.05) is 0 Å². The summed E-state index contributed by atoms with van der Waals surface area (Å²) in [6, 6.07) is 63.6. The van der Waals surface area contributed by atoms with Crippen molar-refractivity contribution in [1.29, 1.82) is 21.0 Å². The van der Waals surface area contributed by atoms with Gasteiger partial charge in [0.15, 0.2) is 23.1 Å². The highest BCUT2D eigenvalue weighted by Gasteiger charge is 2.35. The number of hydrogen-bond donors (Lipinski definition) is 0. The molecule has 8 aromatic carbocycles. The van der Waals surface area contributed by atoms with Crippen LogP contribution in [0.15, 0.2) is 219 Å². The lowest BCUT2D eigenvalue weighted by Gasteiger charge is -2.34. The van der Waals surface area contributed by atoms with Gasteiger partial charge in [-0.25, -0.2) is 17.6 Å². The van der Waals surface area contributed by atoms with Gasteiger partial charge >= 0.3 is 0 Å². The molecule has 0 saturated heterocycles. The molecule has 632 valence electrons. The number of aromatic nitrogens is 4. The quantitative estimate of drug-likeness (QED) is 0.0408. The topological polar surface area (TPSA) is 215 Å². The number of carbonyl (C=O) groups is 4. The van der Waals surface area contributed by atoms with E-state index in [0.717, 1.165) is 172 Å². The van der Waals surface area contributed by atoms with Gasteiger partial charge in [0.2, 0.25) is 0 Å². The van der Waals surface area contributed by atoms with Gasteiger partial charge in [0, 0.05) is 94.3 Å². The van der Waals surface area contributed by atoms with Crippen LogP contribution < -0.4 is 0 Å². The third-order valence-corrected chi connectivity index (χ3v) is 27.7. The Morgan fingerprint density at radius 2 is 0.468 bits per heavy atom. The maximum Gasteiger partial charge on any atom is 0.163 e. The largest absolute Gasteiger partial charge is 0.294 e. The molecule has 4 atom stereocenters. The third kappa shape index (κ3) is 22.6. The second kappa shape index (κ2) is 43.2. The van der Waals surface area contributed by atoms with E-state index in [1.54, 1.807) is 146 Å². The number of nitrogens with zero attached hydrogens (tertiary/aromatic N) is 8. The molecule has 1 unspecified atom stereocenters. The molecule has 4 aromatic heterocycles. The van der Waals surface area contributed by atoms with Crippen LogP contribution in [0.5, 0.6) is 0 Å². The van der Waals surface area contributed by atoms with E-state index in [2.05, 4.69) is 71.9 Å². The molecule has 12 nitrogen and oxygen atoms in total. The molecular weight excluding hydrogens is 1550 g/mol. The van der Waals surface area contributed by atoms with E-state index in [1.807, 2.05) is 49.1 Å². The summed E-state index contributed by atoms with van der Waals surface area (Å²) in [6.07, 6.45) is 30.6. The zero-order chi connectivity index (χ0) is 87.2. The molecule has 12 aromatic rings.